The van der Waals surface area contributed by atoms with Crippen LogP contribution in [0.5, 0.6) is 5.75 Å². The Hall–Kier alpha value is -1.27. The number of aliphatic carboxylic acids is 1. The fraction of sp³-hybridized carbons (Fsp3) is 0.273. The summed E-state index contributed by atoms with van der Waals surface area (Å²) in [6.45, 7) is 1.11. The maximum Gasteiger partial charge on any atom is 0.325 e. The van der Waals surface area contributed by atoms with Gasteiger partial charge in [-0.15, -0.1) is 0 Å². The molecule has 18 heavy (non-hydrogen) atoms. The van der Waals surface area contributed by atoms with E-state index in [1.165, 1.54) is 6.92 Å². The van der Waals surface area contributed by atoms with Crippen molar-refractivity contribution in [1.82, 2.24) is 5.32 Å². The molecule has 0 bridgehead atoms. The monoisotopic (exact) mass is 335 g/mol. The average molecular weight is 337 g/mol. The second-order valence-electron chi connectivity index (χ2n) is 3.49. The number of carboxylic acids is 1. The van der Waals surface area contributed by atoms with Crippen LogP contribution in [0.1, 0.15) is 6.92 Å². The number of rotatable bonds is 5. The van der Waals surface area contributed by atoms with Crippen LogP contribution in [-0.4, -0.2) is 29.6 Å². The zero-order valence-electron chi connectivity index (χ0n) is 9.44. The largest absolute Gasteiger partial charge is 0.483 e. The van der Waals surface area contributed by atoms with Crippen molar-refractivity contribution in [3.63, 3.8) is 0 Å². The second-order valence-corrected chi connectivity index (χ2v) is 4.78. The highest BCUT2D eigenvalue weighted by Crippen LogP contribution is 2.27. The molecule has 0 spiro atoms. The molecule has 0 saturated carbocycles. The van der Waals surface area contributed by atoms with Gasteiger partial charge in [-0.05, 0) is 41.1 Å². The summed E-state index contributed by atoms with van der Waals surface area (Å²) in [6, 6.07) is 3.92. The van der Waals surface area contributed by atoms with Crippen molar-refractivity contribution in [2.75, 3.05) is 6.61 Å². The van der Waals surface area contributed by atoms with Crippen LogP contribution in [-0.2, 0) is 9.59 Å². The molecule has 1 atom stereocenters. The molecule has 1 aromatic rings. The Morgan fingerprint density at radius 1 is 1.56 bits per heavy atom. The van der Waals surface area contributed by atoms with Crippen LogP contribution < -0.4 is 10.1 Å². The Balaban J connectivity index is 2.50. The van der Waals surface area contributed by atoms with Gasteiger partial charge in [-0.2, -0.15) is 0 Å². The predicted molar refractivity (Wildman–Crippen MR) is 69.9 cm³/mol. The summed E-state index contributed by atoms with van der Waals surface area (Å²) in [5.41, 5.74) is 0. The Bertz CT molecular complexity index is 466. The lowest BCUT2D eigenvalue weighted by atomic mass is 10.3. The number of ether oxygens (including phenoxy) is 1. The quantitative estimate of drug-likeness (QED) is 0.863. The smallest absolute Gasteiger partial charge is 0.325 e. The van der Waals surface area contributed by atoms with Gasteiger partial charge in [0, 0.05) is 5.02 Å². The van der Waals surface area contributed by atoms with Gasteiger partial charge in [-0.25, -0.2) is 0 Å². The molecule has 2 N–H and O–H groups in total. The van der Waals surface area contributed by atoms with Crippen molar-refractivity contribution >= 4 is 39.4 Å². The SMILES string of the molecule is C[C@@H](NC(=O)COc1ccc(Cl)cc1Br)C(=O)O. The maximum atomic E-state index is 11.4. The van der Waals surface area contributed by atoms with Crippen LogP contribution in [0.4, 0.5) is 0 Å². The second kappa shape index (κ2) is 6.61. The summed E-state index contributed by atoms with van der Waals surface area (Å²) in [4.78, 5) is 21.9. The highest BCUT2D eigenvalue weighted by atomic mass is 79.9. The van der Waals surface area contributed by atoms with E-state index in [0.29, 0.717) is 15.2 Å². The first-order valence-corrected chi connectivity index (χ1v) is 6.17. The molecule has 0 radical (unpaired) electrons. The lowest BCUT2D eigenvalue weighted by molar-refractivity contribution is -0.141. The van der Waals surface area contributed by atoms with Gasteiger partial charge in [-0.3, -0.25) is 9.59 Å². The van der Waals surface area contributed by atoms with Crippen LogP contribution in [0.25, 0.3) is 0 Å². The van der Waals surface area contributed by atoms with Crippen LogP contribution >= 0.6 is 27.5 Å². The van der Waals surface area contributed by atoms with E-state index in [4.69, 9.17) is 21.4 Å². The van der Waals surface area contributed by atoms with Crippen molar-refractivity contribution < 1.29 is 19.4 Å². The van der Waals surface area contributed by atoms with Crippen molar-refractivity contribution in [3.8, 4) is 5.75 Å². The minimum absolute atomic E-state index is 0.266. The summed E-state index contributed by atoms with van der Waals surface area (Å²) in [6.07, 6.45) is 0. The van der Waals surface area contributed by atoms with Crippen molar-refractivity contribution in [2.45, 2.75) is 13.0 Å². The fourth-order valence-electron chi connectivity index (χ4n) is 1.08. The Kier molecular flexibility index (Phi) is 5.43. The number of hydrogen-bond acceptors (Lipinski definition) is 3. The third kappa shape index (κ3) is 4.54. The first-order chi connectivity index (χ1) is 8.40. The number of halogens is 2. The average Bonchev–Trinajstić information content (AvgIpc) is 2.27. The molecule has 98 valence electrons. The van der Waals surface area contributed by atoms with Gasteiger partial charge >= 0.3 is 5.97 Å². The van der Waals surface area contributed by atoms with Gasteiger partial charge in [0.15, 0.2) is 6.61 Å². The first-order valence-electron chi connectivity index (χ1n) is 5.00. The number of amides is 1. The Morgan fingerprint density at radius 2 is 2.22 bits per heavy atom. The molecular weight excluding hydrogens is 325 g/mol. The summed E-state index contributed by atoms with van der Waals surface area (Å²) < 4.78 is 5.84. The third-order valence-electron chi connectivity index (χ3n) is 2.00. The summed E-state index contributed by atoms with van der Waals surface area (Å²) in [5.74, 6) is -1.15. The molecule has 0 heterocycles. The first kappa shape index (κ1) is 14.8. The summed E-state index contributed by atoms with van der Waals surface area (Å²) >= 11 is 8.99. The van der Waals surface area contributed by atoms with E-state index in [-0.39, 0.29) is 6.61 Å². The molecule has 0 fully saturated rings. The van der Waals surface area contributed by atoms with Gasteiger partial charge < -0.3 is 15.2 Å². The van der Waals surface area contributed by atoms with Gasteiger partial charge in [-0.1, -0.05) is 11.6 Å². The Morgan fingerprint density at radius 3 is 2.78 bits per heavy atom. The molecule has 0 saturated heterocycles. The van der Waals surface area contributed by atoms with Crippen molar-refractivity contribution in [2.24, 2.45) is 0 Å². The molecular formula is C11H11BrClNO4. The zero-order chi connectivity index (χ0) is 13.7. The lowest BCUT2D eigenvalue weighted by Crippen LogP contribution is -2.40. The maximum absolute atomic E-state index is 11.4. The highest BCUT2D eigenvalue weighted by Gasteiger charge is 2.14. The minimum Gasteiger partial charge on any atom is -0.483 e. The molecule has 0 aliphatic heterocycles. The fourth-order valence-corrected chi connectivity index (χ4v) is 1.88. The molecule has 0 aliphatic carbocycles. The standard InChI is InChI=1S/C11H11BrClNO4/c1-6(11(16)17)14-10(15)5-18-9-3-2-7(13)4-8(9)12/h2-4,6H,5H2,1H3,(H,14,15)(H,16,17)/t6-/m1/s1. The number of carbonyl (C=O) groups excluding carboxylic acids is 1. The molecule has 0 unspecified atom stereocenters. The van der Waals surface area contributed by atoms with Crippen LogP contribution in [0.2, 0.25) is 5.02 Å². The van der Waals surface area contributed by atoms with Crippen molar-refractivity contribution in [1.29, 1.82) is 0 Å². The van der Waals surface area contributed by atoms with Gasteiger partial charge in [0.2, 0.25) is 0 Å². The number of carbonyl (C=O) groups is 2. The van der Waals surface area contributed by atoms with E-state index in [1.54, 1.807) is 18.2 Å². The van der Waals surface area contributed by atoms with Crippen LogP contribution in [0, 0.1) is 0 Å². The molecule has 5 nitrogen and oxygen atoms in total. The molecule has 0 aliphatic rings. The van der Waals surface area contributed by atoms with Gasteiger partial charge in [0.25, 0.3) is 5.91 Å². The minimum atomic E-state index is -1.10. The normalized spacial score (nSPS) is 11.7. The van der Waals surface area contributed by atoms with E-state index in [0.717, 1.165) is 0 Å². The molecule has 7 heteroatoms. The van der Waals surface area contributed by atoms with E-state index in [1.807, 2.05) is 0 Å². The number of hydrogen-bond donors (Lipinski definition) is 2. The molecule has 1 amide bonds. The number of carboxylic acid groups (broad SMARTS) is 1. The Labute approximate surface area is 117 Å². The van der Waals surface area contributed by atoms with Crippen LogP contribution in [0.3, 0.4) is 0 Å². The van der Waals surface area contributed by atoms with Gasteiger partial charge in [0.05, 0.1) is 4.47 Å². The molecule has 1 aromatic carbocycles. The number of benzene rings is 1. The van der Waals surface area contributed by atoms with E-state index in [9.17, 15) is 9.59 Å². The van der Waals surface area contributed by atoms with E-state index >= 15 is 0 Å². The summed E-state index contributed by atoms with van der Waals surface area (Å²) in [7, 11) is 0. The highest BCUT2D eigenvalue weighted by molar-refractivity contribution is 9.10. The summed E-state index contributed by atoms with van der Waals surface area (Å²) in [5, 5.41) is 11.4. The van der Waals surface area contributed by atoms with Crippen LogP contribution in [0.15, 0.2) is 22.7 Å². The van der Waals surface area contributed by atoms with E-state index < -0.39 is 17.9 Å². The lowest BCUT2D eigenvalue weighted by Gasteiger charge is -2.11. The topological polar surface area (TPSA) is 75.6 Å². The molecule has 1 rings (SSSR count). The third-order valence-corrected chi connectivity index (χ3v) is 2.86. The van der Waals surface area contributed by atoms with Gasteiger partial charge in [0.1, 0.15) is 11.8 Å². The number of nitrogens with one attached hydrogen (secondary N) is 1. The van der Waals surface area contributed by atoms with Crippen molar-refractivity contribution in [3.05, 3.63) is 27.7 Å². The molecule has 0 aromatic heterocycles. The van der Waals surface area contributed by atoms with E-state index in [2.05, 4.69) is 21.2 Å². The predicted octanol–water partition coefficient (Wildman–Crippen LogP) is 2.07. The zero-order valence-corrected chi connectivity index (χ0v) is 11.8.